The average molecular weight is 297 g/mol. The highest BCUT2D eigenvalue weighted by Gasteiger charge is 2.14. The Labute approximate surface area is 123 Å². The van der Waals surface area contributed by atoms with Crippen LogP contribution in [0.1, 0.15) is 20.9 Å². The third-order valence-electron chi connectivity index (χ3n) is 3.07. The van der Waals surface area contributed by atoms with Crippen LogP contribution in [-0.2, 0) is 0 Å². The molecule has 3 N–H and O–H groups in total. The lowest BCUT2D eigenvalue weighted by atomic mass is 10.1. The number of amides is 2. The maximum atomic E-state index is 12.2. The number of H-pyrrole nitrogens is 1. The van der Waals surface area contributed by atoms with Crippen molar-refractivity contribution in [1.82, 2.24) is 15.8 Å². The van der Waals surface area contributed by atoms with Crippen LogP contribution in [-0.4, -0.2) is 16.8 Å². The number of hydrogen-bond acceptors (Lipinski definition) is 4. The molecule has 0 atom stereocenters. The smallest absolute Gasteiger partial charge is 0.305 e. The topological polar surface area (TPSA) is 104 Å². The molecular formula is C15H11N3O4. The van der Waals surface area contributed by atoms with Crippen molar-refractivity contribution in [3.63, 3.8) is 0 Å². The van der Waals surface area contributed by atoms with E-state index in [-0.39, 0.29) is 11.3 Å². The van der Waals surface area contributed by atoms with Gasteiger partial charge in [0, 0.05) is 17.1 Å². The molecule has 3 rings (SSSR count). The lowest BCUT2D eigenvalue weighted by Gasteiger charge is -2.06. The first-order chi connectivity index (χ1) is 10.7. The Kier molecular flexibility index (Phi) is 3.45. The molecule has 0 saturated carbocycles. The van der Waals surface area contributed by atoms with Crippen LogP contribution in [0.2, 0.25) is 0 Å². The molecule has 0 spiro atoms. The van der Waals surface area contributed by atoms with E-state index >= 15 is 0 Å². The second kappa shape index (κ2) is 5.57. The first-order valence-corrected chi connectivity index (χ1v) is 6.41. The predicted molar refractivity (Wildman–Crippen MR) is 78.2 cm³/mol. The van der Waals surface area contributed by atoms with E-state index in [1.54, 1.807) is 30.3 Å². The van der Waals surface area contributed by atoms with Crippen LogP contribution in [0.3, 0.4) is 0 Å². The normalized spacial score (nSPS) is 10.4. The molecule has 0 unspecified atom stereocenters. The van der Waals surface area contributed by atoms with Crippen LogP contribution < -0.4 is 16.3 Å². The summed E-state index contributed by atoms with van der Waals surface area (Å²) in [6, 6.07) is 9.83. The van der Waals surface area contributed by atoms with E-state index < -0.39 is 17.2 Å². The number of fused-ring (bicyclic) bond motifs is 1. The van der Waals surface area contributed by atoms with Crippen LogP contribution in [0.4, 0.5) is 0 Å². The minimum atomic E-state index is -0.716. The lowest BCUT2D eigenvalue weighted by molar-refractivity contribution is 0.0830. The molecule has 0 aliphatic heterocycles. The summed E-state index contributed by atoms with van der Waals surface area (Å²) in [7, 11) is 0. The van der Waals surface area contributed by atoms with Crippen LogP contribution in [0.15, 0.2) is 58.1 Å². The molecule has 2 amide bonds. The molecule has 7 heteroatoms. The third-order valence-corrected chi connectivity index (χ3v) is 3.07. The molecule has 0 fully saturated rings. The molecule has 0 bridgehead atoms. The Morgan fingerprint density at radius 2 is 1.77 bits per heavy atom. The number of aromatic amines is 1. The van der Waals surface area contributed by atoms with Gasteiger partial charge in [-0.1, -0.05) is 12.1 Å². The molecule has 0 saturated heterocycles. The van der Waals surface area contributed by atoms with Crippen molar-refractivity contribution < 1.29 is 14.0 Å². The summed E-state index contributed by atoms with van der Waals surface area (Å²) >= 11 is 0. The van der Waals surface area contributed by atoms with Crippen molar-refractivity contribution in [3.8, 4) is 0 Å². The van der Waals surface area contributed by atoms with Gasteiger partial charge in [0.15, 0.2) is 5.76 Å². The number of furan rings is 1. The summed E-state index contributed by atoms with van der Waals surface area (Å²) in [5.74, 6) is -1.28. The van der Waals surface area contributed by atoms with E-state index in [0.717, 1.165) is 0 Å². The Morgan fingerprint density at radius 1 is 1.00 bits per heavy atom. The van der Waals surface area contributed by atoms with Gasteiger partial charge in [0.05, 0.1) is 6.26 Å². The zero-order valence-electron chi connectivity index (χ0n) is 11.3. The maximum absolute atomic E-state index is 12.2. The summed E-state index contributed by atoms with van der Waals surface area (Å²) in [6.45, 7) is 0. The number of benzene rings is 1. The molecule has 22 heavy (non-hydrogen) atoms. The van der Waals surface area contributed by atoms with Gasteiger partial charge in [-0.3, -0.25) is 25.2 Å². The molecule has 0 radical (unpaired) electrons. The first kappa shape index (κ1) is 13.6. The second-order valence-electron chi connectivity index (χ2n) is 4.46. The fourth-order valence-corrected chi connectivity index (χ4v) is 1.99. The van der Waals surface area contributed by atoms with Crippen molar-refractivity contribution in [3.05, 3.63) is 70.4 Å². The van der Waals surface area contributed by atoms with Crippen LogP contribution in [0.5, 0.6) is 0 Å². The molecule has 110 valence electrons. The number of rotatable bonds is 2. The van der Waals surface area contributed by atoms with Crippen molar-refractivity contribution in [1.29, 1.82) is 0 Å². The van der Waals surface area contributed by atoms with Crippen LogP contribution in [0, 0.1) is 0 Å². The Morgan fingerprint density at radius 3 is 2.55 bits per heavy atom. The number of carbonyl (C=O) groups is 2. The van der Waals surface area contributed by atoms with Gasteiger partial charge >= 0.3 is 5.91 Å². The SMILES string of the molecule is O=C(NNC(=O)c1c[nH]c2ccccc2c1=O)c1ccco1. The molecule has 2 heterocycles. The second-order valence-corrected chi connectivity index (χ2v) is 4.46. The quantitative estimate of drug-likeness (QED) is 0.618. The zero-order chi connectivity index (χ0) is 15.5. The fourth-order valence-electron chi connectivity index (χ4n) is 1.99. The number of pyridine rings is 1. The Bertz CT molecular complexity index is 897. The standard InChI is InChI=1S/C15H11N3O4/c19-13-9-4-1-2-5-11(9)16-8-10(13)14(20)17-18-15(21)12-6-3-7-22-12/h1-8H,(H,16,19)(H,17,20)(H,18,21). The number of para-hydroxylation sites is 1. The zero-order valence-corrected chi connectivity index (χ0v) is 11.3. The number of carbonyl (C=O) groups excluding carboxylic acids is 2. The van der Waals surface area contributed by atoms with E-state index in [1.165, 1.54) is 18.5 Å². The Balaban J connectivity index is 1.79. The van der Waals surface area contributed by atoms with Crippen LogP contribution in [0.25, 0.3) is 10.9 Å². The van der Waals surface area contributed by atoms with Gasteiger partial charge in [-0.15, -0.1) is 0 Å². The minimum Gasteiger partial charge on any atom is -0.459 e. The molecule has 0 aliphatic carbocycles. The number of hydrogen-bond donors (Lipinski definition) is 3. The van der Waals surface area contributed by atoms with Crippen LogP contribution >= 0.6 is 0 Å². The monoisotopic (exact) mass is 297 g/mol. The van der Waals surface area contributed by atoms with Crippen molar-refractivity contribution in [2.24, 2.45) is 0 Å². The average Bonchev–Trinajstić information content (AvgIpc) is 3.07. The highest BCUT2D eigenvalue weighted by molar-refractivity contribution is 5.99. The maximum Gasteiger partial charge on any atom is 0.305 e. The van der Waals surface area contributed by atoms with E-state index in [1.807, 2.05) is 0 Å². The fraction of sp³-hybridized carbons (Fsp3) is 0. The summed E-state index contributed by atoms with van der Waals surface area (Å²) in [6.07, 6.45) is 2.64. The van der Waals surface area contributed by atoms with E-state index in [2.05, 4.69) is 15.8 Å². The van der Waals surface area contributed by atoms with Gasteiger partial charge in [-0.2, -0.15) is 0 Å². The summed E-state index contributed by atoms with van der Waals surface area (Å²) in [4.78, 5) is 38.7. The largest absolute Gasteiger partial charge is 0.459 e. The highest BCUT2D eigenvalue weighted by Crippen LogP contribution is 2.06. The van der Waals surface area contributed by atoms with Gasteiger partial charge in [-0.25, -0.2) is 0 Å². The molecule has 1 aromatic carbocycles. The highest BCUT2D eigenvalue weighted by atomic mass is 16.3. The predicted octanol–water partition coefficient (Wildman–Crippen LogP) is 1.20. The molecule has 7 nitrogen and oxygen atoms in total. The number of hydrazine groups is 1. The van der Waals surface area contributed by atoms with E-state index in [0.29, 0.717) is 10.9 Å². The summed E-state index contributed by atoms with van der Waals surface area (Å²) in [5.41, 5.74) is 4.46. The number of aromatic nitrogens is 1. The molecule has 3 aromatic rings. The van der Waals surface area contributed by atoms with Gasteiger partial charge in [-0.05, 0) is 24.3 Å². The van der Waals surface area contributed by atoms with Crippen molar-refractivity contribution >= 4 is 22.7 Å². The molecule has 0 aliphatic rings. The number of nitrogens with one attached hydrogen (secondary N) is 3. The third kappa shape index (κ3) is 2.47. The van der Waals surface area contributed by atoms with Gasteiger partial charge in [0.25, 0.3) is 5.91 Å². The van der Waals surface area contributed by atoms with Crippen molar-refractivity contribution in [2.75, 3.05) is 0 Å². The van der Waals surface area contributed by atoms with E-state index in [4.69, 9.17) is 4.42 Å². The summed E-state index contributed by atoms with van der Waals surface area (Å²) < 4.78 is 4.88. The lowest BCUT2D eigenvalue weighted by Crippen LogP contribution is -2.43. The molecule has 2 aromatic heterocycles. The van der Waals surface area contributed by atoms with E-state index in [9.17, 15) is 14.4 Å². The van der Waals surface area contributed by atoms with Gasteiger partial charge in [0.1, 0.15) is 5.56 Å². The van der Waals surface area contributed by atoms with Gasteiger partial charge in [0.2, 0.25) is 5.43 Å². The minimum absolute atomic E-state index is 0.0488. The molecular weight excluding hydrogens is 286 g/mol. The first-order valence-electron chi connectivity index (χ1n) is 6.41. The van der Waals surface area contributed by atoms with Crippen molar-refractivity contribution in [2.45, 2.75) is 0 Å². The Hall–Kier alpha value is -3.35. The van der Waals surface area contributed by atoms with Gasteiger partial charge < -0.3 is 9.40 Å². The summed E-state index contributed by atoms with van der Waals surface area (Å²) in [5, 5.41) is 0.396.